The molecule has 0 saturated heterocycles. The molecule has 0 spiro atoms. The van der Waals surface area contributed by atoms with Crippen molar-refractivity contribution < 1.29 is 4.74 Å². The minimum atomic E-state index is -0.309. The molecule has 0 atom stereocenters. The van der Waals surface area contributed by atoms with E-state index in [0.29, 0.717) is 0 Å². The Kier molecular flexibility index (Phi) is 14.7. The number of methoxy groups -OCH3 is 1. The Morgan fingerprint density at radius 1 is 0.537 bits per heavy atom. The highest BCUT2D eigenvalue weighted by Gasteiger charge is 2.26. The summed E-state index contributed by atoms with van der Waals surface area (Å²) in [5.74, 6) is 1.92. The Labute approximate surface area is 254 Å². The van der Waals surface area contributed by atoms with Gasteiger partial charge >= 0.3 is 0 Å². The summed E-state index contributed by atoms with van der Waals surface area (Å²) in [6, 6.07) is 41.3. The molecule has 0 amide bonds. The Morgan fingerprint density at radius 3 is 1.34 bits per heavy atom. The topological polar surface area (TPSA) is 9.23 Å². The molecule has 0 fully saturated rings. The number of ether oxygens (including phenoxy) is 1. The molecule has 4 rings (SSSR count). The Hall–Kier alpha value is -2.91. The predicted octanol–water partition coefficient (Wildman–Crippen LogP) is 10.7. The molecule has 218 valence electrons. The molecule has 0 aromatic heterocycles. The van der Waals surface area contributed by atoms with E-state index in [1.54, 1.807) is 12.6 Å². The SMILES string of the molecule is CCCC[B-](CCCC)(CCCC)c1ccccc1.COc1ccc(C[S+](c2ccccc2)c2ccccc2)cc1. The molecular weight excluding hydrogens is 515 g/mol. The molecule has 0 bridgehead atoms. The average Bonchev–Trinajstić information content (AvgIpc) is 3.05. The third-order valence-corrected chi connectivity index (χ3v) is 10.7. The van der Waals surface area contributed by atoms with Gasteiger partial charge in [-0.2, -0.15) is 19.0 Å². The largest absolute Gasteiger partial charge is 0.497 e. The Balaban J connectivity index is 0.000000229. The van der Waals surface area contributed by atoms with Gasteiger partial charge in [0.2, 0.25) is 0 Å². The fraction of sp³-hybridized carbons (Fsp3) is 0.368. The van der Waals surface area contributed by atoms with Crippen LogP contribution in [0.1, 0.15) is 64.9 Å². The fourth-order valence-corrected chi connectivity index (χ4v) is 8.04. The van der Waals surface area contributed by atoms with Gasteiger partial charge in [0.15, 0.2) is 9.79 Å². The summed E-state index contributed by atoms with van der Waals surface area (Å²) >= 11 is 0. The minimum Gasteiger partial charge on any atom is -0.497 e. The fourth-order valence-electron chi connectivity index (χ4n) is 5.94. The quantitative estimate of drug-likeness (QED) is 0.103. The number of unbranched alkanes of at least 4 members (excludes halogenated alkanes) is 3. The van der Waals surface area contributed by atoms with Gasteiger partial charge in [-0.05, 0) is 36.4 Å². The summed E-state index contributed by atoms with van der Waals surface area (Å²) in [4.78, 5) is 2.76. The van der Waals surface area contributed by atoms with E-state index in [0.717, 1.165) is 11.5 Å². The van der Waals surface area contributed by atoms with Crippen LogP contribution in [-0.2, 0) is 16.6 Å². The van der Waals surface area contributed by atoms with Gasteiger partial charge < -0.3 is 4.74 Å². The molecule has 0 saturated carbocycles. The van der Waals surface area contributed by atoms with Gasteiger partial charge in [0, 0.05) is 11.7 Å². The van der Waals surface area contributed by atoms with Crippen LogP contribution in [0.15, 0.2) is 125 Å². The van der Waals surface area contributed by atoms with Gasteiger partial charge in [-0.3, -0.25) is 0 Å². The van der Waals surface area contributed by atoms with E-state index in [2.05, 4.69) is 124 Å². The van der Waals surface area contributed by atoms with E-state index >= 15 is 0 Å². The zero-order valence-corrected chi connectivity index (χ0v) is 26.8. The molecule has 1 nitrogen and oxygen atoms in total. The van der Waals surface area contributed by atoms with Crippen molar-refractivity contribution in [3.8, 4) is 5.75 Å². The van der Waals surface area contributed by atoms with Crippen molar-refractivity contribution in [1.29, 1.82) is 0 Å². The van der Waals surface area contributed by atoms with E-state index in [4.69, 9.17) is 4.74 Å². The summed E-state index contributed by atoms with van der Waals surface area (Å²) in [6.07, 6.45) is 12.1. The van der Waals surface area contributed by atoms with Crippen molar-refractivity contribution in [2.45, 2.75) is 93.8 Å². The molecule has 41 heavy (non-hydrogen) atoms. The van der Waals surface area contributed by atoms with E-state index in [1.807, 2.05) is 12.1 Å². The van der Waals surface area contributed by atoms with Crippen LogP contribution >= 0.6 is 0 Å². The molecule has 0 aliphatic heterocycles. The van der Waals surface area contributed by atoms with Crippen LogP contribution in [0.5, 0.6) is 5.75 Å². The predicted molar refractivity (Wildman–Crippen MR) is 184 cm³/mol. The van der Waals surface area contributed by atoms with Gasteiger partial charge in [-0.1, -0.05) is 138 Å². The van der Waals surface area contributed by atoms with E-state index in [1.165, 1.54) is 72.8 Å². The van der Waals surface area contributed by atoms with Crippen LogP contribution in [0.2, 0.25) is 19.0 Å². The van der Waals surface area contributed by atoms with E-state index in [9.17, 15) is 0 Å². The standard InChI is InChI=1S/C20H19OS.C18H32B/c1-21-18-14-12-17(13-15-18)16-22(19-8-4-2-5-9-19)20-10-6-3-7-11-20;1-4-7-15-19(16-8-5-2,17-9-6-3)18-13-11-10-12-14-18/h2-15H,16H2,1H3;10-14H,4-9,15-17H2,1-3H3/q+1;-1. The summed E-state index contributed by atoms with van der Waals surface area (Å²) in [6.45, 7) is 6.97. The first kappa shape index (κ1) is 32.6. The second kappa shape index (κ2) is 18.5. The zero-order valence-electron chi connectivity index (χ0n) is 25.9. The highest BCUT2D eigenvalue weighted by molar-refractivity contribution is 7.96. The molecule has 3 heteroatoms. The Morgan fingerprint density at radius 2 is 0.951 bits per heavy atom. The molecule has 0 radical (unpaired) electrons. The number of benzene rings is 4. The summed E-state index contributed by atoms with van der Waals surface area (Å²) < 4.78 is 5.25. The summed E-state index contributed by atoms with van der Waals surface area (Å²) in [5, 5.41) is 0. The smallest absolute Gasteiger partial charge is 0.161 e. The monoisotopic (exact) mass is 566 g/mol. The van der Waals surface area contributed by atoms with Gasteiger partial charge in [0.1, 0.15) is 11.5 Å². The zero-order chi connectivity index (χ0) is 29.2. The lowest BCUT2D eigenvalue weighted by atomic mass is 9.16. The van der Waals surface area contributed by atoms with Crippen molar-refractivity contribution in [3.05, 3.63) is 121 Å². The van der Waals surface area contributed by atoms with Gasteiger partial charge in [0.25, 0.3) is 0 Å². The number of hydrogen-bond acceptors (Lipinski definition) is 1. The molecular formula is C38H51BOS. The second-order valence-corrected chi connectivity index (χ2v) is 13.3. The highest BCUT2D eigenvalue weighted by atomic mass is 32.2. The van der Waals surface area contributed by atoms with Gasteiger partial charge in [-0.15, -0.1) is 0 Å². The first-order valence-electron chi connectivity index (χ1n) is 15.9. The molecule has 0 aliphatic carbocycles. The van der Waals surface area contributed by atoms with Crippen molar-refractivity contribution in [3.63, 3.8) is 0 Å². The van der Waals surface area contributed by atoms with E-state index < -0.39 is 0 Å². The third-order valence-electron chi connectivity index (χ3n) is 8.36. The summed E-state index contributed by atoms with van der Waals surface area (Å²) in [7, 11) is 1.75. The lowest BCUT2D eigenvalue weighted by Crippen LogP contribution is -2.47. The summed E-state index contributed by atoms with van der Waals surface area (Å²) in [5.41, 5.74) is 2.98. The molecule has 0 N–H and O–H groups in total. The van der Waals surface area contributed by atoms with Crippen LogP contribution in [0.25, 0.3) is 0 Å². The lowest BCUT2D eigenvalue weighted by Gasteiger charge is -2.41. The first-order valence-corrected chi connectivity index (χ1v) is 17.2. The van der Waals surface area contributed by atoms with E-state index in [-0.39, 0.29) is 17.0 Å². The maximum Gasteiger partial charge on any atom is 0.161 e. The average molecular weight is 567 g/mol. The maximum absolute atomic E-state index is 5.25. The first-order chi connectivity index (χ1) is 20.2. The molecule has 4 aromatic carbocycles. The number of rotatable bonds is 15. The van der Waals surface area contributed by atoms with Crippen LogP contribution in [-0.4, -0.2) is 13.3 Å². The van der Waals surface area contributed by atoms with Crippen molar-refractivity contribution >= 4 is 22.5 Å². The highest BCUT2D eigenvalue weighted by Crippen LogP contribution is 2.29. The van der Waals surface area contributed by atoms with Crippen molar-refractivity contribution in [2.75, 3.05) is 7.11 Å². The minimum absolute atomic E-state index is 0.0484. The Bertz CT molecular complexity index is 1130. The van der Waals surface area contributed by atoms with Crippen LogP contribution < -0.4 is 10.2 Å². The molecule has 0 aliphatic rings. The third kappa shape index (κ3) is 10.5. The van der Waals surface area contributed by atoms with Crippen LogP contribution in [0.4, 0.5) is 0 Å². The molecule has 0 unspecified atom stereocenters. The van der Waals surface area contributed by atoms with Crippen LogP contribution in [0, 0.1) is 0 Å². The van der Waals surface area contributed by atoms with Gasteiger partial charge in [-0.25, -0.2) is 5.46 Å². The molecule has 4 aromatic rings. The number of hydrogen-bond donors (Lipinski definition) is 0. The molecule has 0 heterocycles. The normalized spacial score (nSPS) is 11.1. The van der Waals surface area contributed by atoms with Crippen molar-refractivity contribution in [2.24, 2.45) is 0 Å². The second-order valence-electron chi connectivity index (χ2n) is 11.3. The lowest BCUT2D eigenvalue weighted by molar-refractivity contribution is 0.414. The maximum atomic E-state index is 5.25. The van der Waals surface area contributed by atoms with Gasteiger partial charge in [0.05, 0.1) is 18.0 Å². The van der Waals surface area contributed by atoms with Crippen molar-refractivity contribution in [1.82, 2.24) is 0 Å². The van der Waals surface area contributed by atoms with Crippen LogP contribution in [0.3, 0.4) is 0 Å².